The van der Waals surface area contributed by atoms with Gasteiger partial charge < -0.3 is 54.1 Å². The van der Waals surface area contributed by atoms with E-state index in [9.17, 15) is 34.2 Å². The molecule has 4 amide bonds. The van der Waals surface area contributed by atoms with E-state index in [0.717, 1.165) is 10.9 Å². The minimum atomic E-state index is -1.45. The van der Waals surface area contributed by atoms with Crippen molar-refractivity contribution in [3.05, 3.63) is 36.0 Å². The lowest BCUT2D eigenvalue weighted by molar-refractivity contribution is -0.142. The first-order valence-electron chi connectivity index (χ1n) is 13.3. The molecule has 0 fully saturated rings. The molecule has 1 aromatic carbocycles. The van der Waals surface area contributed by atoms with Crippen molar-refractivity contribution in [1.82, 2.24) is 20.9 Å². The number of aliphatic carboxylic acids is 1. The largest absolute Gasteiger partial charge is 0.480 e. The molecule has 0 aliphatic heterocycles. The third-order valence-electron chi connectivity index (χ3n) is 6.43. The Bertz CT molecular complexity index is 1290. The van der Waals surface area contributed by atoms with Crippen molar-refractivity contribution in [3.63, 3.8) is 0 Å². The Morgan fingerprint density at radius 1 is 0.929 bits per heavy atom. The highest BCUT2D eigenvalue weighted by molar-refractivity contribution is 5.95. The van der Waals surface area contributed by atoms with Crippen molar-refractivity contribution >= 4 is 46.5 Å². The maximum absolute atomic E-state index is 13.6. The fourth-order valence-electron chi connectivity index (χ4n) is 4.08. The van der Waals surface area contributed by atoms with Gasteiger partial charge in [0.05, 0.1) is 6.10 Å². The highest BCUT2D eigenvalue weighted by Gasteiger charge is 2.31. The smallest absolute Gasteiger partial charge is 0.326 e. The van der Waals surface area contributed by atoms with E-state index in [1.165, 1.54) is 6.92 Å². The minimum absolute atomic E-state index is 0.00253. The SMILES string of the molecule is CC(O)C(N)C(=O)NC(Cc1c[nH]c2ccccc12)C(=O)NC(CCCN=C(N)N)C(=O)NC(CCC(N)=O)C(=O)O. The highest BCUT2D eigenvalue weighted by Crippen LogP contribution is 2.19. The number of H-pyrrole nitrogens is 1. The first-order chi connectivity index (χ1) is 19.8. The quantitative estimate of drug-likeness (QED) is 0.0516. The lowest BCUT2D eigenvalue weighted by Crippen LogP contribution is -2.58. The second-order valence-electron chi connectivity index (χ2n) is 9.81. The van der Waals surface area contributed by atoms with Gasteiger partial charge in [-0.05, 0) is 37.8 Å². The van der Waals surface area contributed by atoms with E-state index in [1.807, 2.05) is 24.3 Å². The number of carbonyl (C=O) groups is 5. The minimum Gasteiger partial charge on any atom is -0.480 e. The molecule has 2 aromatic rings. The van der Waals surface area contributed by atoms with Crippen molar-refractivity contribution in [3.8, 4) is 0 Å². The van der Waals surface area contributed by atoms with Gasteiger partial charge in [-0.25, -0.2) is 4.79 Å². The number of nitrogens with one attached hydrogen (secondary N) is 4. The Kier molecular flexibility index (Phi) is 12.7. The van der Waals surface area contributed by atoms with Crippen LogP contribution in [0.1, 0.15) is 38.2 Å². The molecule has 42 heavy (non-hydrogen) atoms. The molecule has 0 aliphatic carbocycles. The van der Waals surface area contributed by atoms with Crippen LogP contribution in [-0.4, -0.2) is 87.6 Å². The number of nitrogens with zero attached hydrogens (tertiary/aromatic N) is 1. The summed E-state index contributed by atoms with van der Waals surface area (Å²) in [5, 5.41) is 27.5. The summed E-state index contributed by atoms with van der Waals surface area (Å²) < 4.78 is 0. The number of fused-ring (bicyclic) bond motifs is 1. The summed E-state index contributed by atoms with van der Waals surface area (Å²) in [6.45, 7) is 1.44. The number of hydrogen-bond acceptors (Lipinski definition) is 8. The van der Waals surface area contributed by atoms with Gasteiger partial charge in [-0.1, -0.05) is 18.2 Å². The van der Waals surface area contributed by atoms with E-state index in [1.54, 1.807) is 6.20 Å². The van der Waals surface area contributed by atoms with E-state index in [-0.39, 0.29) is 44.6 Å². The molecule has 230 valence electrons. The Morgan fingerprint density at radius 3 is 2.17 bits per heavy atom. The number of carbonyl (C=O) groups excluding carboxylic acids is 4. The number of benzene rings is 1. The fraction of sp³-hybridized carbons (Fsp3) is 0.462. The predicted octanol–water partition coefficient (Wildman–Crippen LogP) is -2.72. The Balaban J connectivity index is 2.32. The van der Waals surface area contributed by atoms with Gasteiger partial charge in [0.25, 0.3) is 0 Å². The summed E-state index contributed by atoms with van der Waals surface area (Å²) >= 11 is 0. The zero-order valence-electron chi connectivity index (χ0n) is 23.2. The first-order valence-corrected chi connectivity index (χ1v) is 13.3. The molecule has 1 aromatic heterocycles. The average molecular weight is 590 g/mol. The fourth-order valence-corrected chi connectivity index (χ4v) is 4.08. The molecule has 14 N–H and O–H groups in total. The zero-order valence-corrected chi connectivity index (χ0v) is 23.2. The third-order valence-corrected chi connectivity index (χ3v) is 6.43. The van der Waals surface area contributed by atoms with Crippen LogP contribution >= 0.6 is 0 Å². The van der Waals surface area contributed by atoms with Crippen LogP contribution in [0.3, 0.4) is 0 Å². The van der Waals surface area contributed by atoms with Crippen LogP contribution < -0.4 is 38.9 Å². The second kappa shape index (κ2) is 15.9. The van der Waals surface area contributed by atoms with E-state index >= 15 is 0 Å². The monoisotopic (exact) mass is 589 g/mol. The normalized spacial score (nSPS) is 14.5. The number of aliphatic hydroxyl groups is 1. The van der Waals surface area contributed by atoms with Gasteiger partial charge in [-0.3, -0.25) is 24.2 Å². The molecule has 0 aliphatic rings. The standard InChI is InChI=1S/C26H39N9O7/c1-13(36)21(28)24(40)35-19(11-14-12-32-16-6-3-2-5-15(14)16)23(39)33-17(7-4-10-31-26(29)30)22(38)34-18(25(41)42)8-9-20(27)37/h2-3,5-6,12-13,17-19,21,32,36H,4,7-11,28H2,1H3,(H2,27,37)(H,33,39)(H,34,38)(H,35,40)(H,41,42)(H4,29,30,31). The van der Waals surface area contributed by atoms with Crippen molar-refractivity contribution in [1.29, 1.82) is 0 Å². The molecule has 0 radical (unpaired) electrons. The molecule has 0 spiro atoms. The third kappa shape index (κ3) is 10.4. The van der Waals surface area contributed by atoms with Crippen LogP contribution in [0.15, 0.2) is 35.5 Å². The highest BCUT2D eigenvalue weighted by atomic mass is 16.4. The summed E-state index contributed by atoms with van der Waals surface area (Å²) in [6, 6.07) is 2.02. The number of aromatic amines is 1. The zero-order chi connectivity index (χ0) is 31.4. The topological polar surface area (TPSA) is 294 Å². The maximum Gasteiger partial charge on any atom is 0.326 e. The molecule has 5 atom stereocenters. The Labute approximate surface area is 241 Å². The summed E-state index contributed by atoms with van der Waals surface area (Å²) in [7, 11) is 0. The number of guanidine groups is 1. The molecular formula is C26H39N9O7. The Hall–Kier alpha value is -4.70. The van der Waals surface area contributed by atoms with E-state index in [4.69, 9.17) is 22.9 Å². The van der Waals surface area contributed by atoms with Gasteiger partial charge >= 0.3 is 5.97 Å². The van der Waals surface area contributed by atoms with E-state index in [0.29, 0.717) is 5.56 Å². The van der Waals surface area contributed by atoms with E-state index < -0.39 is 59.9 Å². The van der Waals surface area contributed by atoms with Crippen LogP contribution in [0, 0.1) is 0 Å². The van der Waals surface area contributed by atoms with Crippen LogP contribution in [-0.2, 0) is 30.4 Å². The molecule has 16 nitrogen and oxygen atoms in total. The summed E-state index contributed by atoms with van der Waals surface area (Å²) in [6.07, 6.45) is 0.139. The number of para-hydroxylation sites is 1. The van der Waals surface area contributed by atoms with Crippen molar-refractivity contribution < 1.29 is 34.2 Å². The van der Waals surface area contributed by atoms with Crippen LogP contribution in [0.5, 0.6) is 0 Å². The number of primary amides is 1. The summed E-state index contributed by atoms with van der Waals surface area (Å²) in [4.78, 5) is 69.2. The second-order valence-corrected chi connectivity index (χ2v) is 9.81. The number of carboxylic acid groups (broad SMARTS) is 1. The van der Waals surface area contributed by atoms with Crippen molar-refractivity contribution in [2.75, 3.05) is 6.54 Å². The lowest BCUT2D eigenvalue weighted by Gasteiger charge is -2.25. The molecule has 5 unspecified atom stereocenters. The van der Waals surface area contributed by atoms with Gasteiger partial charge in [-0.15, -0.1) is 0 Å². The van der Waals surface area contributed by atoms with Crippen LogP contribution in [0.2, 0.25) is 0 Å². The number of aliphatic imine (C=N–C) groups is 1. The molecule has 0 bridgehead atoms. The first kappa shape index (κ1) is 33.5. The van der Waals surface area contributed by atoms with Gasteiger partial charge in [-0.2, -0.15) is 0 Å². The van der Waals surface area contributed by atoms with E-state index in [2.05, 4.69) is 25.9 Å². The molecule has 1 heterocycles. The van der Waals surface area contributed by atoms with Crippen LogP contribution in [0.4, 0.5) is 0 Å². The predicted molar refractivity (Wildman–Crippen MR) is 153 cm³/mol. The summed E-state index contributed by atoms with van der Waals surface area (Å²) in [5.74, 6) is -4.72. The number of nitrogens with two attached hydrogens (primary N) is 4. The average Bonchev–Trinajstić information content (AvgIpc) is 3.33. The maximum atomic E-state index is 13.6. The number of amides is 4. The number of carboxylic acids is 1. The molecule has 2 rings (SSSR count). The van der Waals surface area contributed by atoms with Gasteiger partial charge in [0.1, 0.15) is 24.2 Å². The van der Waals surface area contributed by atoms with Crippen molar-refractivity contribution in [2.24, 2.45) is 27.9 Å². The molecular weight excluding hydrogens is 550 g/mol. The van der Waals surface area contributed by atoms with Crippen LogP contribution in [0.25, 0.3) is 10.9 Å². The lowest BCUT2D eigenvalue weighted by atomic mass is 10.0. The summed E-state index contributed by atoms with van der Waals surface area (Å²) in [5.41, 5.74) is 23.1. The van der Waals surface area contributed by atoms with Gasteiger partial charge in [0.15, 0.2) is 5.96 Å². The molecule has 0 saturated heterocycles. The number of aromatic nitrogens is 1. The Morgan fingerprint density at radius 2 is 1.55 bits per heavy atom. The number of hydrogen-bond donors (Lipinski definition) is 10. The number of rotatable bonds is 17. The van der Waals surface area contributed by atoms with Gasteiger partial charge in [0.2, 0.25) is 23.6 Å². The molecule has 0 saturated carbocycles. The molecule has 16 heteroatoms. The number of aliphatic hydroxyl groups excluding tert-OH is 1. The van der Waals surface area contributed by atoms with Gasteiger partial charge in [0, 0.05) is 36.5 Å². The van der Waals surface area contributed by atoms with Crippen molar-refractivity contribution in [2.45, 2.75) is 69.3 Å².